The Hall–Kier alpha value is -1.31. The Morgan fingerprint density at radius 2 is 2.09 bits per heavy atom. The molecule has 2 heteroatoms. The fraction of sp³-hybridized carbons (Fsp3) is 0.222. The number of hydrogen-bond acceptors (Lipinski definition) is 1. The van der Waals surface area contributed by atoms with Crippen molar-refractivity contribution < 1.29 is 0 Å². The monoisotopic (exact) mass is 146 g/mol. The van der Waals surface area contributed by atoms with Gasteiger partial charge in [-0.1, -0.05) is 0 Å². The predicted octanol–water partition coefficient (Wildman–Crippen LogP) is 2.18. The standard InChI is InChI=1S/C9H10N2/c1-6-3-4-8-9(10-6)5-7(2)11-8/h3-5,11H,1-2H3. The highest BCUT2D eigenvalue weighted by molar-refractivity contribution is 5.75. The molecule has 0 aliphatic carbocycles. The van der Waals surface area contributed by atoms with Gasteiger partial charge >= 0.3 is 0 Å². The van der Waals surface area contributed by atoms with E-state index in [9.17, 15) is 0 Å². The van der Waals surface area contributed by atoms with Crippen molar-refractivity contribution in [1.82, 2.24) is 9.97 Å². The van der Waals surface area contributed by atoms with Gasteiger partial charge < -0.3 is 4.98 Å². The van der Waals surface area contributed by atoms with Crippen LogP contribution in [0.15, 0.2) is 18.2 Å². The number of H-pyrrole nitrogens is 1. The first-order chi connectivity index (χ1) is 5.25. The molecule has 2 heterocycles. The van der Waals surface area contributed by atoms with E-state index in [4.69, 9.17) is 0 Å². The van der Waals surface area contributed by atoms with E-state index in [0.717, 1.165) is 22.4 Å². The van der Waals surface area contributed by atoms with Crippen LogP contribution in [-0.4, -0.2) is 9.97 Å². The Balaban J connectivity index is 2.82. The molecule has 56 valence electrons. The van der Waals surface area contributed by atoms with Crippen LogP contribution in [0, 0.1) is 13.8 Å². The lowest BCUT2D eigenvalue weighted by molar-refractivity contribution is 1.25. The smallest absolute Gasteiger partial charge is 0.0884 e. The Kier molecular flexibility index (Phi) is 1.22. The fourth-order valence-electron chi connectivity index (χ4n) is 1.25. The number of fused-ring (bicyclic) bond motifs is 1. The van der Waals surface area contributed by atoms with E-state index < -0.39 is 0 Å². The van der Waals surface area contributed by atoms with Crippen LogP contribution in [0.2, 0.25) is 0 Å². The van der Waals surface area contributed by atoms with Gasteiger partial charge in [0.15, 0.2) is 0 Å². The van der Waals surface area contributed by atoms with Crippen molar-refractivity contribution in [3.63, 3.8) is 0 Å². The maximum Gasteiger partial charge on any atom is 0.0884 e. The topological polar surface area (TPSA) is 28.7 Å². The van der Waals surface area contributed by atoms with Gasteiger partial charge in [0.25, 0.3) is 0 Å². The van der Waals surface area contributed by atoms with E-state index in [0.29, 0.717) is 0 Å². The zero-order valence-electron chi connectivity index (χ0n) is 6.68. The van der Waals surface area contributed by atoms with Gasteiger partial charge in [-0.2, -0.15) is 0 Å². The molecule has 0 bridgehead atoms. The Bertz CT molecular complexity index is 387. The van der Waals surface area contributed by atoms with Crippen LogP contribution in [-0.2, 0) is 0 Å². The van der Waals surface area contributed by atoms with Crippen LogP contribution < -0.4 is 0 Å². The molecule has 2 aromatic heterocycles. The highest BCUT2D eigenvalue weighted by atomic mass is 14.8. The highest BCUT2D eigenvalue weighted by Crippen LogP contribution is 2.12. The molecule has 11 heavy (non-hydrogen) atoms. The first kappa shape index (κ1) is 6.40. The number of aromatic amines is 1. The summed E-state index contributed by atoms with van der Waals surface area (Å²) in [6.07, 6.45) is 0. The van der Waals surface area contributed by atoms with Crippen LogP contribution in [0.5, 0.6) is 0 Å². The normalized spacial score (nSPS) is 10.7. The summed E-state index contributed by atoms with van der Waals surface area (Å²) in [6.45, 7) is 4.04. The predicted molar refractivity (Wildman–Crippen MR) is 45.6 cm³/mol. The van der Waals surface area contributed by atoms with Crippen molar-refractivity contribution in [1.29, 1.82) is 0 Å². The minimum Gasteiger partial charge on any atom is -0.357 e. The van der Waals surface area contributed by atoms with E-state index in [1.807, 2.05) is 19.9 Å². The third-order valence-corrected chi connectivity index (χ3v) is 1.75. The second kappa shape index (κ2) is 2.09. The van der Waals surface area contributed by atoms with E-state index in [1.54, 1.807) is 0 Å². The molecule has 2 aromatic rings. The van der Waals surface area contributed by atoms with Gasteiger partial charge in [0.1, 0.15) is 0 Å². The Morgan fingerprint density at radius 3 is 2.91 bits per heavy atom. The number of aryl methyl sites for hydroxylation is 2. The zero-order chi connectivity index (χ0) is 7.84. The van der Waals surface area contributed by atoms with E-state index in [2.05, 4.69) is 22.1 Å². The van der Waals surface area contributed by atoms with E-state index >= 15 is 0 Å². The van der Waals surface area contributed by atoms with Gasteiger partial charge in [-0.25, -0.2) is 0 Å². The minimum atomic E-state index is 1.06. The summed E-state index contributed by atoms with van der Waals surface area (Å²) < 4.78 is 0. The molecular weight excluding hydrogens is 136 g/mol. The van der Waals surface area contributed by atoms with Gasteiger partial charge in [-0.05, 0) is 32.0 Å². The summed E-state index contributed by atoms with van der Waals surface area (Å²) in [7, 11) is 0. The molecule has 0 fully saturated rings. The summed E-state index contributed by atoms with van der Waals surface area (Å²) in [5.74, 6) is 0. The van der Waals surface area contributed by atoms with Crippen LogP contribution in [0.4, 0.5) is 0 Å². The van der Waals surface area contributed by atoms with Crippen molar-refractivity contribution >= 4 is 11.0 Å². The summed E-state index contributed by atoms with van der Waals surface area (Å²) >= 11 is 0. The molecule has 0 spiro atoms. The largest absolute Gasteiger partial charge is 0.357 e. The lowest BCUT2D eigenvalue weighted by Gasteiger charge is -1.89. The lowest BCUT2D eigenvalue weighted by atomic mass is 10.3. The van der Waals surface area contributed by atoms with Crippen LogP contribution in [0.1, 0.15) is 11.4 Å². The van der Waals surface area contributed by atoms with Crippen molar-refractivity contribution in [2.45, 2.75) is 13.8 Å². The number of nitrogens with one attached hydrogen (secondary N) is 1. The Labute approximate surface area is 65.3 Å². The number of aromatic nitrogens is 2. The molecule has 0 atom stereocenters. The molecule has 0 amide bonds. The molecule has 0 aliphatic rings. The quantitative estimate of drug-likeness (QED) is 0.606. The van der Waals surface area contributed by atoms with Gasteiger partial charge in [-0.15, -0.1) is 0 Å². The number of hydrogen-bond donors (Lipinski definition) is 1. The fourth-order valence-corrected chi connectivity index (χ4v) is 1.25. The highest BCUT2D eigenvalue weighted by Gasteiger charge is 1.96. The van der Waals surface area contributed by atoms with Gasteiger partial charge in [-0.3, -0.25) is 4.98 Å². The first-order valence-electron chi connectivity index (χ1n) is 3.69. The Morgan fingerprint density at radius 1 is 1.27 bits per heavy atom. The van der Waals surface area contributed by atoms with Crippen molar-refractivity contribution in [3.8, 4) is 0 Å². The molecule has 0 aromatic carbocycles. The second-order valence-electron chi connectivity index (χ2n) is 2.84. The van der Waals surface area contributed by atoms with Crippen LogP contribution >= 0.6 is 0 Å². The SMILES string of the molecule is Cc1ccc2[nH]c(C)cc2n1. The lowest BCUT2D eigenvalue weighted by Crippen LogP contribution is -1.78. The average molecular weight is 146 g/mol. The zero-order valence-corrected chi connectivity index (χ0v) is 6.68. The average Bonchev–Trinajstić information content (AvgIpc) is 2.27. The molecule has 0 radical (unpaired) electrons. The molecule has 0 saturated carbocycles. The first-order valence-corrected chi connectivity index (χ1v) is 3.69. The molecule has 0 aliphatic heterocycles. The van der Waals surface area contributed by atoms with Crippen LogP contribution in [0.3, 0.4) is 0 Å². The number of pyridine rings is 1. The van der Waals surface area contributed by atoms with Gasteiger partial charge in [0.05, 0.1) is 11.0 Å². The summed E-state index contributed by atoms with van der Waals surface area (Å²) in [6, 6.07) is 6.13. The number of rotatable bonds is 0. The van der Waals surface area contributed by atoms with E-state index in [-0.39, 0.29) is 0 Å². The van der Waals surface area contributed by atoms with Crippen molar-refractivity contribution in [2.75, 3.05) is 0 Å². The molecule has 1 N–H and O–H groups in total. The summed E-state index contributed by atoms with van der Waals surface area (Å²) in [4.78, 5) is 7.59. The maximum atomic E-state index is 4.37. The van der Waals surface area contributed by atoms with Gasteiger partial charge in [0.2, 0.25) is 0 Å². The molecule has 2 rings (SSSR count). The summed E-state index contributed by atoms with van der Waals surface area (Å²) in [5, 5.41) is 0. The van der Waals surface area contributed by atoms with Crippen molar-refractivity contribution in [2.24, 2.45) is 0 Å². The van der Waals surface area contributed by atoms with Crippen LogP contribution in [0.25, 0.3) is 11.0 Å². The van der Waals surface area contributed by atoms with E-state index in [1.165, 1.54) is 0 Å². The maximum absolute atomic E-state index is 4.37. The third-order valence-electron chi connectivity index (χ3n) is 1.75. The molecular formula is C9H10N2. The number of nitrogens with zero attached hydrogens (tertiary/aromatic N) is 1. The third kappa shape index (κ3) is 1.00. The molecule has 0 unspecified atom stereocenters. The summed E-state index contributed by atoms with van der Waals surface area (Å²) in [5.41, 5.74) is 4.41. The second-order valence-corrected chi connectivity index (χ2v) is 2.84. The minimum absolute atomic E-state index is 1.06. The molecule has 0 saturated heterocycles. The molecule has 2 nitrogen and oxygen atoms in total. The van der Waals surface area contributed by atoms with Gasteiger partial charge in [0, 0.05) is 11.4 Å². The van der Waals surface area contributed by atoms with Crippen molar-refractivity contribution in [3.05, 3.63) is 29.6 Å².